The summed E-state index contributed by atoms with van der Waals surface area (Å²) >= 11 is 0. The van der Waals surface area contributed by atoms with Gasteiger partial charge in [0.25, 0.3) is 5.91 Å². The van der Waals surface area contributed by atoms with Gasteiger partial charge in [0.15, 0.2) is 5.82 Å². The first-order chi connectivity index (χ1) is 12.5. The van der Waals surface area contributed by atoms with Crippen LogP contribution in [0.2, 0.25) is 0 Å². The fourth-order valence-electron chi connectivity index (χ4n) is 2.67. The van der Waals surface area contributed by atoms with Crippen LogP contribution in [0.5, 0.6) is 0 Å². The van der Waals surface area contributed by atoms with E-state index in [1.54, 1.807) is 42.6 Å². The standard InChI is InChI=1S/C18H18N4O4/c1-21(26-2)15(23)9-10-16(24)22-14-8-4-3-6-12(14)18(25)20-13-7-5-11-19-17(13)22/h3-8,11H,9-10H2,1-2H3,(H,20,25). The molecular weight excluding hydrogens is 336 g/mol. The average molecular weight is 354 g/mol. The maximum absolute atomic E-state index is 12.9. The molecule has 1 aromatic carbocycles. The third kappa shape index (κ3) is 3.27. The summed E-state index contributed by atoms with van der Waals surface area (Å²) in [6.45, 7) is 0. The number of hydrogen-bond donors (Lipinski definition) is 1. The summed E-state index contributed by atoms with van der Waals surface area (Å²) in [7, 11) is 2.86. The monoisotopic (exact) mass is 354 g/mol. The van der Waals surface area contributed by atoms with Gasteiger partial charge in [0, 0.05) is 26.1 Å². The molecule has 1 aromatic heterocycles. The number of hydrogen-bond acceptors (Lipinski definition) is 5. The zero-order valence-corrected chi connectivity index (χ0v) is 14.4. The number of benzene rings is 1. The van der Waals surface area contributed by atoms with E-state index in [1.165, 1.54) is 19.1 Å². The van der Waals surface area contributed by atoms with Gasteiger partial charge in [0.05, 0.1) is 24.0 Å². The number of nitrogens with one attached hydrogen (secondary N) is 1. The summed E-state index contributed by atoms with van der Waals surface area (Å²) < 4.78 is 0. The van der Waals surface area contributed by atoms with Crippen LogP contribution < -0.4 is 10.2 Å². The highest BCUT2D eigenvalue weighted by atomic mass is 16.7. The molecule has 1 aliphatic heterocycles. The lowest BCUT2D eigenvalue weighted by Gasteiger charge is -2.23. The third-order valence-corrected chi connectivity index (χ3v) is 4.06. The van der Waals surface area contributed by atoms with Crippen molar-refractivity contribution in [3.05, 3.63) is 48.2 Å². The van der Waals surface area contributed by atoms with Gasteiger partial charge in [-0.15, -0.1) is 0 Å². The number of carbonyl (C=O) groups is 3. The van der Waals surface area contributed by atoms with Gasteiger partial charge >= 0.3 is 0 Å². The van der Waals surface area contributed by atoms with Crippen molar-refractivity contribution in [2.45, 2.75) is 12.8 Å². The van der Waals surface area contributed by atoms with Gasteiger partial charge in [-0.05, 0) is 24.3 Å². The van der Waals surface area contributed by atoms with Gasteiger partial charge in [-0.25, -0.2) is 10.0 Å². The molecule has 0 bridgehead atoms. The molecule has 134 valence electrons. The molecule has 0 spiro atoms. The summed E-state index contributed by atoms with van der Waals surface area (Å²) in [6, 6.07) is 10.1. The first kappa shape index (κ1) is 17.6. The normalized spacial score (nSPS) is 12.5. The summed E-state index contributed by atoms with van der Waals surface area (Å²) in [5.41, 5.74) is 1.22. The second-order valence-electron chi connectivity index (χ2n) is 5.65. The minimum Gasteiger partial charge on any atom is -0.319 e. The SMILES string of the molecule is CON(C)C(=O)CCC(=O)N1c2ccccc2C(=O)Nc2cccnc21. The highest BCUT2D eigenvalue weighted by Crippen LogP contribution is 2.36. The van der Waals surface area contributed by atoms with Crippen LogP contribution in [0.3, 0.4) is 0 Å². The zero-order valence-electron chi connectivity index (χ0n) is 14.4. The number of nitrogens with zero attached hydrogens (tertiary/aromatic N) is 3. The molecule has 8 heteroatoms. The molecule has 8 nitrogen and oxygen atoms in total. The van der Waals surface area contributed by atoms with Crippen LogP contribution in [0.25, 0.3) is 0 Å². The molecule has 0 saturated carbocycles. The van der Waals surface area contributed by atoms with Crippen LogP contribution in [0.1, 0.15) is 23.2 Å². The lowest BCUT2D eigenvalue weighted by atomic mass is 10.1. The zero-order chi connectivity index (χ0) is 18.7. The summed E-state index contributed by atoms with van der Waals surface area (Å²) in [5, 5.41) is 3.84. The van der Waals surface area contributed by atoms with Crippen LogP contribution in [0.4, 0.5) is 17.2 Å². The summed E-state index contributed by atoms with van der Waals surface area (Å²) in [6.07, 6.45) is 1.47. The minimum atomic E-state index is -0.341. The van der Waals surface area contributed by atoms with Crippen molar-refractivity contribution < 1.29 is 19.2 Å². The molecule has 0 radical (unpaired) electrons. The quantitative estimate of drug-likeness (QED) is 0.849. The predicted octanol–water partition coefficient (Wildman–Crippen LogP) is 2.11. The van der Waals surface area contributed by atoms with Crippen LogP contribution in [0.15, 0.2) is 42.6 Å². The maximum atomic E-state index is 12.9. The fourth-order valence-corrected chi connectivity index (χ4v) is 2.67. The second kappa shape index (κ2) is 7.32. The Kier molecular flexibility index (Phi) is 4.94. The predicted molar refractivity (Wildman–Crippen MR) is 94.8 cm³/mol. The van der Waals surface area contributed by atoms with Crippen LogP contribution in [0, 0.1) is 0 Å². The molecular formula is C18H18N4O4. The van der Waals surface area contributed by atoms with Crippen molar-refractivity contribution in [2.75, 3.05) is 24.4 Å². The fraction of sp³-hybridized carbons (Fsp3) is 0.222. The van der Waals surface area contributed by atoms with E-state index in [0.717, 1.165) is 5.06 Å². The maximum Gasteiger partial charge on any atom is 0.257 e. The molecule has 2 heterocycles. The molecule has 3 rings (SSSR count). The summed E-state index contributed by atoms with van der Waals surface area (Å²) in [4.78, 5) is 47.8. The van der Waals surface area contributed by atoms with E-state index in [0.29, 0.717) is 22.8 Å². The van der Waals surface area contributed by atoms with E-state index >= 15 is 0 Å². The Hall–Kier alpha value is -3.26. The highest BCUT2D eigenvalue weighted by molar-refractivity contribution is 6.17. The van der Waals surface area contributed by atoms with Crippen LogP contribution >= 0.6 is 0 Å². The van der Waals surface area contributed by atoms with Gasteiger partial charge in [-0.1, -0.05) is 12.1 Å². The van der Waals surface area contributed by atoms with E-state index < -0.39 is 0 Å². The number of aromatic nitrogens is 1. The van der Waals surface area contributed by atoms with Gasteiger partial charge in [-0.3, -0.25) is 24.1 Å². The van der Waals surface area contributed by atoms with E-state index in [-0.39, 0.29) is 30.6 Å². The Bertz CT molecular complexity index is 868. The topological polar surface area (TPSA) is 91.8 Å². The van der Waals surface area contributed by atoms with E-state index in [9.17, 15) is 14.4 Å². The number of carbonyl (C=O) groups excluding carboxylic acids is 3. The lowest BCUT2D eigenvalue weighted by Crippen LogP contribution is -2.30. The van der Waals surface area contributed by atoms with Crippen molar-refractivity contribution in [3.63, 3.8) is 0 Å². The molecule has 0 saturated heterocycles. The molecule has 0 atom stereocenters. The van der Waals surface area contributed by atoms with Crippen molar-refractivity contribution in [3.8, 4) is 0 Å². The van der Waals surface area contributed by atoms with Gasteiger partial charge in [-0.2, -0.15) is 0 Å². The third-order valence-electron chi connectivity index (χ3n) is 4.06. The number of hydroxylamine groups is 2. The first-order valence-electron chi connectivity index (χ1n) is 8.02. The molecule has 1 N–H and O–H groups in total. The Morgan fingerprint density at radius 1 is 1.19 bits per heavy atom. The van der Waals surface area contributed by atoms with E-state index in [4.69, 9.17) is 4.84 Å². The second-order valence-corrected chi connectivity index (χ2v) is 5.65. The first-order valence-corrected chi connectivity index (χ1v) is 8.02. The largest absolute Gasteiger partial charge is 0.319 e. The average Bonchev–Trinajstić information content (AvgIpc) is 2.79. The smallest absolute Gasteiger partial charge is 0.257 e. The van der Waals surface area contributed by atoms with Gasteiger partial charge < -0.3 is 5.32 Å². The van der Waals surface area contributed by atoms with Gasteiger partial charge in [0.1, 0.15) is 0 Å². The Morgan fingerprint density at radius 3 is 2.73 bits per heavy atom. The number of pyridine rings is 1. The molecule has 0 unspecified atom stereocenters. The van der Waals surface area contributed by atoms with Crippen LogP contribution in [-0.4, -0.2) is 41.9 Å². The molecule has 26 heavy (non-hydrogen) atoms. The molecule has 1 aliphatic rings. The van der Waals surface area contributed by atoms with Crippen molar-refractivity contribution >= 4 is 34.9 Å². The molecule has 2 aromatic rings. The summed E-state index contributed by atoms with van der Waals surface area (Å²) in [5.74, 6) is -0.658. The van der Waals surface area contributed by atoms with Gasteiger partial charge in [0.2, 0.25) is 11.8 Å². The molecule has 0 aliphatic carbocycles. The Balaban J connectivity index is 1.97. The van der Waals surface area contributed by atoms with Crippen molar-refractivity contribution in [1.29, 1.82) is 0 Å². The van der Waals surface area contributed by atoms with Crippen LogP contribution in [-0.2, 0) is 14.4 Å². The number of amides is 3. The molecule has 0 fully saturated rings. The van der Waals surface area contributed by atoms with E-state index in [1.807, 2.05) is 0 Å². The number of rotatable bonds is 4. The highest BCUT2D eigenvalue weighted by Gasteiger charge is 2.30. The number of para-hydroxylation sites is 1. The van der Waals surface area contributed by atoms with E-state index in [2.05, 4.69) is 10.3 Å². The Morgan fingerprint density at radius 2 is 1.96 bits per heavy atom. The van der Waals surface area contributed by atoms with Crippen molar-refractivity contribution in [1.82, 2.24) is 10.0 Å². The minimum absolute atomic E-state index is 0.0224. The van der Waals surface area contributed by atoms with Crippen molar-refractivity contribution in [2.24, 2.45) is 0 Å². The lowest BCUT2D eigenvalue weighted by molar-refractivity contribution is -0.169. The molecule has 3 amide bonds. The Labute approximate surface area is 150 Å². The number of fused-ring (bicyclic) bond motifs is 2. The number of anilines is 3.